The van der Waals surface area contributed by atoms with Gasteiger partial charge < -0.3 is 14.1 Å². The molecule has 1 aromatic heterocycles. The lowest BCUT2D eigenvalue weighted by atomic mass is 10.2. The zero-order chi connectivity index (χ0) is 20.3. The maximum Gasteiger partial charge on any atom is 0.229 e. The predicted octanol–water partition coefficient (Wildman–Crippen LogP) is 3.18. The molecule has 0 aliphatic heterocycles. The van der Waals surface area contributed by atoms with E-state index in [4.69, 9.17) is 9.15 Å². The van der Waals surface area contributed by atoms with Crippen molar-refractivity contribution in [2.75, 3.05) is 25.1 Å². The molecule has 0 radical (unpaired) electrons. The molecule has 28 heavy (non-hydrogen) atoms. The maximum absolute atomic E-state index is 12.8. The van der Waals surface area contributed by atoms with Gasteiger partial charge in [-0.25, -0.2) is 13.4 Å². The van der Waals surface area contributed by atoms with E-state index in [-0.39, 0.29) is 33.5 Å². The van der Waals surface area contributed by atoms with Crippen LogP contribution >= 0.6 is 0 Å². The van der Waals surface area contributed by atoms with E-state index in [0.29, 0.717) is 5.75 Å². The third-order valence-corrected chi connectivity index (χ3v) is 4.14. The highest BCUT2D eigenvalue weighted by Gasteiger charge is 2.15. The fourth-order valence-electron chi connectivity index (χ4n) is 2.39. The molecule has 146 valence electrons. The Morgan fingerprint density at radius 1 is 1.18 bits per heavy atom. The van der Waals surface area contributed by atoms with Crippen molar-refractivity contribution in [1.82, 2.24) is 4.90 Å². The molecule has 0 aliphatic carbocycles. The number of rotatable bonds is 6. The quantitative estimate of drug-likeness (QED) is 0.503. The summed E-state index contributed by atoms with van der Waals surface area (Å²) in [5.41, 5.74) is 0.130. The van der Waals surface area contributed by atoms with Crippen LogP contribution in [0, 0.1) is 0 Å². The molecule has 2 aromatic carbocycles. The van der Waals surface area contributed by atoms with Gasteiger partial charge in [0.1, 0.15) is 23.3 Å². The van der Waals surface area contributed by atoms with Crippen LogP contribution in [0.15, 0.2) is 62.9 Å². The normalized spacial score (nSPS) is 11.7. The lowest BCUT2D eigenvalue weighted by Crippen LogP contribution is -2.11. The molecule has 0 spiro atoms. The summed E-state index contributed by atoms with van der Waals surface area (Å²) in [5.74, 6) is 0.662. The highest BCUT2D eigenvalue weighted by molar-refractivity contribution is 7.92. The highest BCUT2D eigenvalue weighted by Crippen LogP contribution is 2.34. The van der Waals surface area contributed by atoms with Crippen molar-refractivity contribution in [1.29, 1.82) is 0 Å². The van der Waals surface area contributed by atoms with Gasteiger partial charge in [0.15, 0.2) is 5.75 Å². The molecule has 1 heterocycles. The first kappa shape index (κ1) is 19.4. The van der Waals surface area contributed by atoms with Gasteiger partial charge in [0.25, 0.3) is 0 Å². The van der Waals surface area contributed by atoms with E-state index in [0.717, 1.165) is 6.26 Å². The van der Waals surface area contributed by atoms with E-state index in [1.807, 2.05) is 6.07 Å². The molecule has 1 N–H and O–H groups in total. The number of anilines is 1. The van der Waals surface area contributed by atoms with E-state index in [9.17, 15) is 13.2 Å². The number of aliphatic imine (C=N–C) groups is 1. The Bertz CT molecular complexity index is 1190. The Morgan fingerprint density at radius 3 is 2.54 bits per heavy atom. The Labute approximate surface area is 162 Å². The molecule has 0 saturated carbocycles. The zero-order valence-electron chi connectivity index (χ0n) is 15.5. The molecule has 0 aliphatic rings. The number of fused-ring (bicyclic) bond motifs is 1. The molecule has 0 bridgehead atoms. The van der Waals surface area contributed by atoms with Crippen LogP contribution in [0.25, 0.3) is 11.0 Å². The van der Waals surface area contributed by atoms with Crippen LogP contribution < -0.4 is 14.9 Å². The molecular formula is C19H19N3O5S. The van der Waals surface area contributed by atoms with Gasteiger partial charge >= 0.3 is 0 Å². The van der Waals surface area contributed by atoms with Gasteiger partial charge in [0.2, 0.25) is 15.5 Å². The summed E-state index contributed by atoms with van der Waals surface area (Å²) in [7, 11) is -0.0181. The van der Waals surface area contributed by atoms with Gasteiger partial charge in [-0.2, -0.15) is 0 Å². The van der Waals surface area contributed by atoms with Gasteiger partial charge in [-0.1, -0.05) is 18.2 Å². The molecule has 8 nitrogen and oxygen atoms in total. The molecule has 3 aromatic rings. The number of nitrogens with zero attached hydrogens (tertiary/aromatic N) is 2. The van der Waals surface area contributed by atoms with E-state index in [2.05, 4.69) is 9.71 Å². The van der Waals surface area contributed by atoms with Crippen LogP contribution in [0.4, 0.5) is 11.4 Å². The molecule has 3 rings (SSSR count). The van der Waals surface area contributed by atoms with E-state index < -0.39 is 10.0 Å². The first-order valence-corrected chi connectivity index (χ1v) is 10.1. The van der Waals surface area contributed by atoms with E-state index in [1.54, 1.807) is 43.3 Å². The lowest BCUT2D eigenvalue weighted by molar-refractivity contribution is 0.485. The second kappa shape index (κ2) is 7.73. The Kier molecular flexibility index (Phi) is 5.36. The molecule has 0 saturated heterocycles. The van der Waals surface area contributed by atoms with Crippen molar-refractivity contribution in [2.24, 2.45) is 4.99 Å². The molecule has 9 heteroatoms. The number of ether oxygens (including phenoxy) is 1. The third kappa shape index (κ3) is 4.68. The molecule has 0 amide bonds. The summed E-state index contributed by atoms with van der Waals surface area (Å²) in [6.07, 6.45) is 3.74. The number of hydrogen-bond acceptors (Lipinski definition) is 6. The monoisotopic (exact) mass is 401 g/mol. The van der Waals surface area contributed by atoms with Crippen LogP contribution in [0.5, 0.6) is 11.5 Å². The lowest BCUT2D eigenvalue weighted by Gasteiger charge is -2.13. The SMILES string of the molecule is CN(C)/C=N/c1coc2cc(NS(C)(=O)=O)c(Oc3ccccc3)cc2c1=O. The minimum absolute atomic E-state index is 0.121. The number of hydrogen-bond donors (Lipinski definition) is 1. The third-order valence-electron chi connectivity index (χ3n) is 3.55. The van der Waals surface area contributed by atoms with Gasteiger partial charge in [-0.3, -0.25) is 9.52 Å². The topological polar surface area (TPSA) is 101 Å². The summed E-state index contributed by atoms with van der Waals surface area (Å²) in [6, 6.07) is 11.7. The fourth-order valence-corrected chi connectivity index (χ4v) is 2.95. The van der Waals surface area contributed by atoms with Gasteiger partial charge in [0, 0.05) is 20.2 Å². The minimum Gasteiger partial charge on any atom is -0.462 e. The standard InChI is InChI=1S/C19H19N3O5S/c1-22(2)12-20-16-11-26-17-10-15(21-28(3,24)25)18(9-14(17)19(16)23)27-13-7-5-4-6-8-13/h4-12,21H,1-3H3/b20-12+. The maximum atomic E-state index is 12.8. The summed E-state index contributed by atoms with van der Waals surface area (Å²) in [5, 5.41) is 0.221. The second-order valence-corrected chi connectivity index (χ2v) is 8.04. The average Bonchev–Trinajstić information content (AvgIpc) is 2.62. The van der Waals surface area contributed by atoms with E-state index >= 15 is 0 Å². The molecule has 0 fully saturated rings. The Hall–Kier alpha value is -3.33. The van der Waals surface area contributed by atoms with Crippen molar-refractivity contribution in [3.05, 3.63) is 59.0 Å². The number of para-hydroxylation sites is 1. The summed E-state index contributed by atoms with van der Waals surface area (Å²) in [6.45, 7) is 0. The van der Waals surface area contributed by atoms with Crippen LogP contribution in [0.2, 0.25) is 0 Å². The van der Waals surface area contributed by atoms with Crippen molar-refractivity contribution < 1.29 is 17.6 Å². The van der Waals surface area contributed by atoms with Crippen LogP contribution in [-0.4, -0.2) is 40.0 Å². The first-order chi connectivity index (χ1) is 13.2. The van der Waals surface area contributed by atoms with E-state index in [1.165, 1.54) is 24.7 Å². The van der Waals surface area contributed by atoms with Crippen molar-refractivity contribution in [2.45, 2.75) is 0 Å². The first-order valence-electron chi connectivity index (χ1n) is 8.24. The number of benzene rings is 2. The van der Waals surface area contributed by atoms with Crippen molar-refractivity contribution in [3.63, 3.8) is 0 Å². The summed E-state index contributed by atoms with van der Waals surface area (Å²) in [4.78, 5) is 18.5. The smallest absolute Gasteiger partial charge is 0.229 e. The van der Waals surface area contributed by atoms with Crippen molar-refractivity contribution in [3.8, 4) is 11.5 Å². The van der Waals surface area contributed by atoms with Gasteiger partial charge in [-0.15, -0.1) is 0 Å². The highest BCUT2D eigenvalue weighted by atomic mass is 32.2. The van der Waals surface area contributed by atoms with Gasteiger partial charge in [-0.05, 0) is 18.2 Å². The Balaban J connectivity index is 2.16. The summed E-state index contributed by atoms with van der Waals surface area (Å²) >= 11 is 0. The zero-order valence-corrected chi connectivity index (χ0v) is 16.4. The molecule has 0 atom stereocenters. The van der Waals surface area contributed by atoms with Crippen molar-refractivity contribution >= 4 is 38.7 Å². The molecule has 0 unspecified atom stereocenters. The van der Waals surface area contributed by atoms with Gasteiger partial charge in [0.05, 0.1) is 23.7 Å². The average molecular weight is 401 g/mol. The van der Waals surface area contributed by atoms with Crippen LogP contribution in [-0.2, 0) is 10.0 Å². The number of nitrogens with one attached hydrogen (secondary N) is 1. The van der Waals surface area contributed by atoms with Crippen LogP contribution in [0.1, 0.15) is 0 Å². The fraction of sp³-hybridized carbons (Fsp3) is 0.158. The second-order valence-electron chi connectivity index (χ2n) is 6.29. The number of sulfonamides is 1. The predicted molar refractivity (Wildman–Crippen MR) is 109 cm³/mol. The van der Waals surface area contributed by atoms with Crippen LogP contribution in [0.3, 0.4) is 0 Å². The Morgan fingerprint density at radius 2 is 1.89 bits per heavy atom. The molecular weight excluding hydrogens is 382 g/mol. The summed E-state index contributed by atoms with van der Waals surface area (Å²) < 4.78 is 37.1. The minimum atomic E-state index is -3.58. The largest absolute Gasteiger partial charge is 0.462 e.